The Morgan fingerprint density at radius 3 is 2.12 bits per heavy atom. The van der Waals surface area contributed by atoms with Crippen molar-refractivity contribution in [1.82, 2.24) is 5.32 Å². The first-order chi connectivity index (χ1) is 7.66. The second-order valence-electron chi connectivity index (χ2n) is 4.29. The molecule has 0 aliphatic carbocycles. The van der Waals surface area contributed by atoms with E-state index in [1.54, 1.807) is 0 Å². The van der Waals surface area contributed by atoms with Crippen molar-refractivity contribution >= 4 is 6.03 Å². The molecule has 0 aromatic heterocycles. The number of carbonyl (C=O) groups is 1. The fraction of sp³-hybridized carbons (Fsp3) is 0.917. The third-order valence-electron chi connectivity index (χ3n) is 2.64. The van der Waals surface area contributed by atoms with Crippen LogP contribution < -0.4 is 11.1 Å². The lowest BCUT2D eigenvalue weighted by atomic mass is 10.1. The Balaban J connectivity index is 3.11. The van der Waals surface area contributed by atoms with E-state index in [2.05, 4.69) is 12.2 Å². The molecule has 1 unspecified atom stereocenters. The van der Waals surface area contributed by atoms with Crippen LogP contribution in [0.2, 0.25) is 0 Å². The van der Waals surface area contributed by atoms with E-state index in [0.29, 0.717) is 6.42 Å². The van der Waals surface area contributed by atoms with Crippen LogP contribution in [0.4, 0.5) is 4.79 Å². The van der Waals surface area contributed by atoms with Crippen LogP contribution >= 0.6 is 0 Å². The van der Waals surface area contributed by atoms with Crippen molar-refractivity contribution < 1.29 is 9.90 Å². The van der Waals surface area contributed by atoms with Gasteiger partial charge in [0.1, 0.15) is 6.23 Å². The maximum Gasteiger partial charge on any atom is 0.314 e. The number of rotatable bonds is 10. The molecule has 4 N–H and O–H groups in total. The van der Waals surface area contributed by atoms with E-state index in [9.17, 15) is 9.90 Å². The van der Waals surface area contributed by atoms with Gasteiger partial charge in [-0.3, -0.25) is 0 Å². The van der Waals surface area contributed by atoms with Crippen molar-refractivity contribution in [2.24, 2.45) is 5.73 Å². The molecule has 4 heteroatoms. The number of primary amides is 1. The highest BCUT2D eigenvalue weighted by Crippen LogP contribution is 2.09. The third-order valence-corrected chi connectivity index (χ3v) is 2.64. The first-order valence-corrected chi connectivity index (χ1v) is 6.41. The Bertz CT molecular complexity index is 174. The second-order valence-corrected chi connectivity index (χ2v) is 4.29. The highest BCUT2D eigenvalue weighted by atomic mass is 16.3. The minimum atomic E-state index is -0.780. The Morgan fingerprint density at radius 2 is 1.62 bits per heavy atom. The van der Waals surface area contributed by atoms with Gasteiger partial charge >= 0.3 is 6.03 Å². The molecule has 2 amide bonds. The summed E-state index contributed by atoms with van der Waals surface area (Å²) < 4.78 is 0. The predicted molar refractivity (Wildman–Crippen MR) is 66.0 cm³/mol. The van der Waals surface area contributed by atoms with Crippen LogP contribution in [0.25, 0.3) is 0 Å². The molecule has 16 heavy (non-hydrogen) atoms. The molecule has 0 aromatic carbocycles. The van der Waals surface area contributed by atoms with E-state index in [1.807, 2.05) is 0 Å². The summed E-state index contributed by atoms with van der Waals surface area (Å²) in [6, 6.07) is -0.660. The smallest absolute Gasteiger partial charge is 0.314 e. The molecule has 0 spiro atoms. The monoisotopic (exact) mass is 230 g/mol. The third kappa shape index (κ3) is 11.3. The summed E-state index contributed by atoms with van der Waals surface area (Å²) >= 11 is 0. The maximum absolute atomic E-state index is 10.4. The molecule has 0 aliphatic rings. The number of nitrogens with two attached hydrogens (primary N) is 1. The van der Waals surface area contributed by atoms with Gasteiger partial charge in [-0.1, -0.05) is 51.9 Å². The fourth-order valence-corrected chi connectivity index (χ4v) is 1.71. The van der Waals surface area contributed by atoms with Crippen LogP contribution in [0, 0.1) is 0 Å². The van der Waals surface area contributed by atoms with Crippen LogP contribution in [0.15, 0.2) is 0 Å². The summed E-state index contributed by atoms with van der Waals surface area (Å²) in [6.07, 6.45) is 9.63. The summed E-state index contributed by atoms with van der Waals surface area (Å²) in [5, 5.41) is 11.5. The van der Waals surface area contributed by atoms with Crippen molar-refractivity contribution in [2.45, 2.75) is 70.9 Å². The molecule has 0 heterocycles. The van der Waals surface area contributed by atoms with Gasteiger partial charge in [0, 0.05) is 0 Å². The molecule has 4 nitrogen and oxygen atoms in total. The van der Waals surface area contributed by atoms with Gasteiger partial charge in [0.25, 0.3) is 0 Å². The minimum absolute atomic E-state index is 0.595. The quantitative estimate of drug-likeness (QED) is 0.398. The Kier molecular flexibility index (Phi) is 10.2. The zero-order chi connectivity index (χ0) is 12.2. The molecular formula is C12H26N2O2. The average Bonchev–Trinajstić information content (AvgIpc) is 2.21. The number of aliphatic hydroxyl groups is 1. The van der Waals surface area contributed by atoms with Crippen LogP contribution in [-0.4, -0.2) is 17.4 Å². The van der Waals surface area contributed by atoms with Gasteiger partial charge in [0.05, 0.1) is 0 Å². The standard InChI is InChI=1S/C12H26N2O2/c1-2-3-4-5-6-7-8-9-10-11(15)14-12(13)16/h11,15H,2-10H2,1H3,(H3,13,14,16). The largest absolute Gasteiger partial charge is 0.374 e. The Labute approximate surface area is 98.6 Å². The Morgan fingerprint density at radius 1 is 1.12 bits per heavy atom. The van der Waals surface area contributed by atoms with E-state index >= 15 is 0 Å². The van der Waals surface area contributed by atoms with E-state index in [-0.39, 0.29) is 0 Å². The van der Waals surface area contributed by atoms with Gasteiger partial charge in [-0.25, -0.2) is 4.79 Å². The fourth-order valence-electron chi connectivity index (χ4n) is 1.71. The minimum Gasteiger partial charge on any atom is -0.374 e. The number of hydrogen-bond acceptors (Lipinski definition) is 2. The van der Waals surface area contributed by atoms with Gasteiger partial charge in [0.15, 0.2) is 0 Å². The molecule has 0 aromatic rings. The summed E-state index contributed by atoms with van der Waals surface area (Å²) in [4.78, 5) is 10.4. The molecule has 0 rings (SSSR count). The van der Waals surface area contributed by atoms with Crippen LogP contribution in [0.5, 0.6) is 0 Å². The topological polar surface area (TPSA) is 75.3 Å². The maximum atomic E-state index is 10.4. The highest BCUT2D eigenvalue weighted by molar-refractivity contribution is 5.71. The van der Waals surface area contributed by atoms with Crippen molar-refractivity contribution in [3.63, 3.8) is 0 Å². The molecular weight excluding hydrogens is 204 g/mol. The number of carbonyl (C=O) groups excluding carboxylic acids is 1. The number of urea groups is 1. The van der Waals surface area contributed by atoms with Crippen molar-refractivity contribution in [3.8, 4) is 0 Å². The molecule has 0 bridgehead atoms. The summed E-state index contributed by atoms with van der Waals surface area (Å²) in [5.74, 6) is 0. The van der Waals surface area contributed by atoms with E-state index < -0.39 is 12.3 Å². The summed E-state index contributed by atoms with van der Waals surface area (Å²) in [6.45, 7) is 2.22. The molecule has 1 atom stereocenters. The molecule has 0 aliphatic heterocycles. The van der Waals surface area contributed by atoms with Gasteiger partial charge < -0.3 is 16.2 Å². The molecule has 0 radical (unpaired) electrons. The van der Waals surface area contributed by atoms with Crippen molar-refractivity contribution in [3.05, 3.63) is 0 Å². The lowest BCUT2D eigenvalue weighted by molar-refractivity contribution is 0.132. The lowest BCUT2D eigenvalue weighted by Crippen LogP contribution is -2.38. The number of aliphatic hydroxyl groups excluding tert-OH is 1. The van der Waals surface area contributed by atoms with Crippen LogP contribution in [0.1, 0.15) is 64.7 Å². The van der Waals surface area contributed by atoms with Gasteiger partial charge in [-0.2, -0.15) is 0 Å². The normalized spacial score (nSPS) is 12.4. The molecule has 0 fully saturated rings. The van der Waals surface area contributed by atoms with Gasteiger partial charge in [-0.15, -0.1) is 0 Å². The van der Waals surface area contributed by atoms with Crippen LogP contribution in [0.3, 0.4) is 0 Å². The van der Waals surface area contributed by atoms with Crippen LogP contribution in [-0.2, 0) is 0 Å². The average molecular weight is 230 g/mol. The first kappa shape index (κ1) is 15.2. The summed E-state index contributed by atoms with van der Waals surface area (Å²) in [5.41, 5.74) is 4.88. The Hall–Kier alpha value is -0.770. The lowest BCUT2D eigenvalue weighted by Gasteiger charge is -2.10. The first-order valence-electron chi connectivity index (χ1n) is 6.41. The predicted octanol–water partition coefficient (Wildman–Crippen LogP) is 2.50. The van der Waals surface area contributed by atoms with Crippen molar-refractivity contribution in [1.29, 1.82) is 0 Å². The van der Waals surface area contributed by atoms with E-state index in [1.165, 1.54) is 38.5 Å². The SMILES string of the molecule is CCCCCCCCCCC(O)NC(N)=O. The molecule has 0 saturated carbocycles. The zero-order valence-corrected chi connectivity index (χ0v) is 10.4. The van der Waals surface area contributed by atoms with E-state index in [0.717, 1.165) is 12.8 Å². The van der Waals surface area contributed by atoms with E-state index in [4.69, 9.17) is 5.73 Å². The molecule has 0 saturated heterocycles. The van der Waals surface area contributed by atoms with Gasteiger partial charge in [0.2, 0.25) is 0 Å². The number of amides is 2. The molecule has 96 valence electrons. The zero-order valence-electron chi connectivity index (χ0n) is 10.4. The number of hydrogen-bond donors (Lipinski definition) is 3. The number of nitrogens with one attached hydrogen (secondary N) is 1. The van der Waals surface area contributed by atoms with Crippen molar-refractivity contribution in [2.75, 3.05) is 0 Å². The second kappa shape index (κ2) is 10.7. The summed E-state index contributed by atoms with van der Waals surface area (Å²) in [7, 11) is 0. The number of unbranched alkanes of at least 4 members (excludes halogenated alkanes) is 7. The highest BCUT2D eigenvalue weighted by Gasteiger charge is 2.04. The van der Waals surface area contributed by atoms with Gasteiger partial charge in [-0.05, 0) is 12.8 Å².